The molecule has 3 N–H and O–H groups in total. The van der Waals surface area contributed by atoms with Crippen LogP contribution in [0.4, 0.5) is 4.39 Å². The maximum atomic E-state index is 13.1. The molecular weight excluding hydrogens is 426 g/mol. The molecule has 0 aromatic heterocycles. The highest BCUT2D eigenvalue weighted by atomic mass is 35.5. The SMILES string of the molecule is Cl.Cl.OCCNCCCNCc1c(OCc2ccc(F)cc2)ccc2ccccc12. The normalized spacial score (nSPS) is 10.3. The summed E-state index contributed by atoms with van der Waals surface area (Å²) in [6.07, 6.45) is 0.983. The lowest BCUT2D eigenvalue weighted by atomic mass is 10.0. The molecule has 0 aliphatic carbocycles. The zero-order valence-electron chi connectivity index (χ0n) is 16.8. The highest BCUT2D eigenvalue weighted by Gasteiger charge is 2.09. The Morgan fingerprint density at radius 2 is 1.57 bits per heavy atom. The third kappa shape index (κ3) is 7.74. The fourth-order valence-electron chi connectivity index (χ4n) is 3.13. The van der Waals surface area contributed by atoms with E-state index in [0.717, 1.165) is 36.4 Å². The molecule has 0 aliphatic heterocycles. The number of hydrogen-bond donors (Lipinski definition) is 3. The molecular formula is C23H29Cl2FN2O2. The molecule has 0 fully saturated rings. The van der Waals surface area contributed by atoms with E-state index in [1.54, 1.807) is 12.1 Å². The van der Waals surface area contributed by atoms with Crippen LogP contribution in [0.2, 0.25) is 0 Å². The van der Waals surface area contributed by atoms with E-state index in [-0.39, 0.29) is 37.2 Å². The Morgan fingerprint density at radius 3 is 2.33 bits per heavy atom. The predicted molar refractivity (Wildman–Crippen MR) is 125 cm³/mol. The highest BCUT2D eigenvalue weighted by Crippen LogP contribution is 2.28. The summed E-state index contributed by atoms with van der Waals surface area (Å²) < 4.78 is 19.2. The van der Waals surface area contributed by atoms with E-state index in [9.17, 15) is 4.39 Å². The van der Waals surface area contributed by atoms with Gasteiger partial charge in [0.1, 0.15) is 18.2 Å². The minimum Gasteiger partial charge on any atom is -0.489 e. The minimum atomic E-state index is -0.243. The first-order chi connectivity index (χ1) is 13.8. The van der Waals surface area contributed by atoms with Crippen molar-refractivity contribution < 1.29 is 14.2 Å². The Hall–Kier alpha value is -1.89. The van der Waals surface area contributed by atoms with Crippen molar-refractivity contribution in [2.24, 2.45) is 0 Å². The number of fused-ring (bicyclic) bond motifs is 1. The monoisotopic (exact) mass is 454 g/mol. The number of benzene rings is 3. The van der Waals surface area contributed by atoms with Crippen molar-refractivity contribution in [2.45, 2.75) is 19.6 Å². The number of aliphatic hydroxyl groups excluding tert-OH is 1. The number of halogens is 3. The molecule has 3 aromatic carbocycles. The molecule has 0 amide bonds. The van der Waals surface area contributed by atoms with Crippen molar-refractivity contribution in [3.63, 3.8) is 0 Å². The zero-order chi connectivity index (χ0) is 19.6. The summed E-state index contributed by atoms with van der Waals surface area (Å²) in [6.45, 7) is 3.65. The van der Waals surface area contributed by atoms with Crippen molar-refractivity contribution >= 4 is 35.6 Å². The second kappa shape index (κ2) is 14.2. The molecule has 164 valence electrons. The third-order valence-electron chi connectivity index (χ3n) is 4.60. The van der Waals surface area contributed by atoms with Gasteiger partial charge in [-0.05, 0) is 54.0 Å². The van der Waals surface area contributed by atoms with Crippen LogP contribution in [0.15, 0.2) is 60.7 Å². The molecule has 0 radical (unpaired) electrons. The molecule has 0 bridgehead atoms. The van der Waals surface area contributed by atoms with Gasteiger partial charge in [0.15, 0.2) is 0 Å². The van der Waals surface area contributed by atoms with Crippen molar-refractivity contribution in [1.29, 1.82) is 0 Å². The van der Waals surface area contributed by atoms with Gasteiger partial charge in [0.05, 0.1) is 6.61 Å². The van der Waals surface area contributed by atoms with Gasteiger partial charge in [-0.25, -0.2) is 4.39 Å². The Balaban J connectivity index is 0.00000225. The molecule has 0 spiro atoms. The Bertz CT molecular complexity index is 879. The van der Waals surface area contributed by atoms with E-state index < -0.39 is 0 Å². The minimum absolute atomic E-state index is 0. The second-order valence-electron chi connectivity index (χ2n) is 6.68. The van der Waals surface area contributed by atoms with Gasteiger partial charge >= 0.3 is 0 Å². The Labute approximate surface area is 189 Å². The number of ether oxygens (including phenoxy) is 1. The van der Waals surface area contributed by atoms with Crippen molar-refractivity contribution in [3.8, 4) is 5.75 Å². The summed E-state index contributed by atoms with van der Waals surface area (Å²) in [6, 6.07) is 18.7. The average molecular weight is 455 g/mol. The summed E-state index contributed by atoms with van der Waals surface area (Å²) in [4.78, 5) is 0. The van der Waals surface area contributed by atoms with Crippen LogP contribution in [0.3, 0.4) is 0 Å². The average Bonchev–Trinajstić information content (AvgIpc) is 2.73. The molecule has 0 unspecified atom stereocenters. The van der Waals surface area contributed by atoms with Gasteiger partial charge in [-0.15, -0.1) is 24.8 Å². The summed E-state index contributed by atoms with van der Waals surface area (Å²) in [7, 11) is 0. The molecule has 0 atom stereocenters. The fraction of sp³-hybridized carbons (Fsp3) is 0.304. The number of hydrogen-bond acceptors (Lipinski definition) is 4. The lowest BCUT2D eigenvalue weighted by Gasteiger charge is -2.15. The number of nitrogens with one attached hydrogen (secondary N) is 2. The largest absolute Gasteiger partial charge is 0.489 e. The van der Waals surface area contributed by atoms with Gasteiger partial charge in [-0.3, -0.25) is 0 Å². The van der Waals surface area contributed by atoms with Gasteiger partial charge in [0.2, 0.25) is 0 Å². The lowest BCUT2D eigenvalue weighted by Crippen LogP contribution is -2.24. The van der Waals surface area contributed by atoms with Crippen LogP contribution in [0, 0.1) is 5.82 Å². The first-order valence-corrected chi connectivity index (χ1v) is 9.68. The topological polar surface area (TPSA) is 53.5 Å². The quantitative estimate of drug-likeness (QED) is 0.374. The smallest absolute Gasteiger partial charge is 0.124 e. The zero-order valence-corrected chi connectivity index (χ0v) is 18.4. The van der Waals surface area contributed by atoms with Crippen LogP contribution < -0.4 is 15.4 Å². The molecule has 0 saturated carbocycles. The molecule has 0 heterocycles. The molecule has 0 saturated heterocycles. The third-order valence-corrected chi connectivity index (χ3v) is 4.60. The van der Waals surface area contributed by atoms with Crippen LogP contribution in [-0.2, 0) is 13.2 Å². The summed E-state index contributed by atoms with van der Waals surface area (Å²) in [5.74, 6) is 0.599. The maximum Gasteiger partial charge on any atom is 0.124 e. The van der Waals surface area contributed by atoms with Crippen molar-refractivity contribution in [2.75, 3.05) is 26.2 Å². The maximum absolute atomic E-state index is 13.1. The van der Waals surface area contributed by atoms with Gasteiger partial charge in [0.25, 0.3) is 0 Å². The van der Waals surface area contributed by atoms with Crippen molar-refractivity contribution in [3.05, 3.63) is 77.6 Å². The van der Waals surface area contributed by atoms with Crippen LogP contribution in [0.25, 0.3) is 10.8 Å². The Kier molecular flexibility index (Phi) is 12.4. The van der Waals surface area contributed by atoms with E-state index >= 15 is 0 Å². The summed E-state index contributed by atoms with van der Waals surface area (Å²) in [5.41, 5.74) is 2.06. The summed E-state index contributed by atoms with van der Waals surface area (Å²) >= 11 is 0. The predicted octanol–water partition coefficient (Wildman–Crippen LogP) is 4.46. The number of aliphatic hydroxyl groups is 1. The van der Waals surface area contributed by atoms with Gasteiger partial charge in [-0.1, -0.05) is 42.5 Å². The van der Waals surface area contributed by atoms with Gasteiger partial charge < -0.3 is 20.5 Å². The van der Waals surface area contributed by atoms with E-state index in [1.165, 1.54) is 22.9 Å². The van der Waals surface area contributed by atoms with Crippen molar-refractivity contribution in [1.82, 2.24) is 10.6 Å². The molecule has 0 aliphatic rings. The number of rotatable bonds is 11. The first kappa shape index (κ1) is 26.1. The van der Waals surface area contributed by atoms with Crippen LogP contribution in [0.1, 0.15) is 17.5 Å². The van der Waals surface area contributed by atoms with E-state index in [0.29, 0.717) is 19.7 Å². The highest BCUT2D eigenvalue weighted by molar-refractivity contribution is 5.87. The second-order valence-corrected chi connectivity index (χ2v) is 6.68. The van der Waals surface area contributed by atoms with Crippen LogP contribution in [0.5, 0.6) is 5.75 Å². The molecule has 30 heavy (non-hydrogen) atoms. The van der Waals surface area contributed by atoms with E-state index in [4.69, 9.17) is 9.84 Å². The van der Waals surface area contributed by atoms with Gasteiger partial charge in [0, 0.05) is 18.7 Å². The molecule has 3 aromatic rings. The first-order valence-electron chi connectivity index (χ1n) is 9.68. The van der Waals surface area contributed by atoms with E-state index in [1.807, 2.05) is 18.2 Å². The standard InChI is InChI=1S/C23H27FN2O2.2ClH/c24-20-9-6-18(7-10-20)17-28-23-11-8-19-4-1-2-5-21(19)22(23)16-26-13-3-12-25-14-15-27;;/h1-2,4-11,25-27H,3,12-17H2;2*1H. The molecule has 3 rings (SSSR count). The van der Waals surface area contributed by atoms with E-state index in [2.05, 4.69) is 28.8 Å². The summed E-state index contributed by atoms with van der Waals surface area (Å²) in [5, 5.41) is 17.8. The molecule has 7 heteroatoms. The molecule has 4 nitrogen and oxygen atoms in total. The van der Waals surface area contributed by atoms with Crippen LogP contribution in [-0.4, -0.2) is 31.3 Å². The lowest BCUT2D eigenvalue weighted by molar-refractivity contribution is 0.292. The van der Waals surface area contributed by atoms with Crippen LogP contribution >= 0.6 is 24.8 Å². The Morgan fingerprint density at radius 1 is 0.833 bits per heavy atom. The fourth-order valence-corrected chi connectivity index (χ4v) is 3.13. The van der Waals surface area contributed by atoms with Gasteiger partial charge in [-0.2, -0.15) is 0 Å².